The largest absolute Gasteiger partial charge is 0.504 e. The summed E-state index contributed by atoms with van der Waals surface area (Å²) in [6, 6.07) is 14.6. The van der Waals surface area contributed by atoms with Gasteiger partial charge in [-0.1, -0.05) is 41.4 Å². The molecule has 0 fully saturated rings. The lowest BCUT2D eigenvalue weighted by atomic mass is 9.91. The van der Waals surface area contributed by atoms with Crippen LogP contribution in [0, 0.1) is 24.1 Å². The van der Waals surface area contributed by atoms with Crippen molar-refractivity contribution in [2.75, 3.05) is 5.32 Å². The fraction of sp³-hybridized carbons (Fsp3) is 0.0909. The van der Waals surface area contributed by atoms with Gasteiger partial charge in [-0.3, -0.25) is 4.79 Å². The van der Waals surface area contributed by atoms with E-state index in [1.807, 2.05) is 0 Å². The Balaban J connectivity index is 1.93. The first-order valence-corrected chi connectivity index (χ1v) is 9.90. The van der Waals surface area contributed by atoms with Crippen LogP contribution < -0.4 is 5.32 Å². The van der Waals surface area contributed by atoms with Crippen molar-refractivity contribution in [2.24, 2.45) is 0 Å². The number of benzene rings is 3. The van der Waals surface area contributed by atoms with Gasteiger partial charge in [0.1, 0.15) is 0 Å². The van der Waals surface area contributed by atoms with Crippen LogP contribution in [0.15, 0.2) is 53.4 Å². The molecule has 8 heteroatoms. The second-order valence-corrected chi connectivity index (χ2v) is 7.84. The molecule has 2 N–H and O–H groups in total. The second-order valence-electron chi connectivity index (χ2n) is 6.55. The van der Waals surface area contributed by atoms with Gasteiger partial charge in [0.25, 0.3) is 5.91 Å². The fourth-order valence-electron chi connectivity index (χ4n) is 2.97. The molecule has 0 heterocycles. The van der Waals surface area contributed by atoms with Gasteiger partial charge in [-0.15, -0.1) is 12.6 Å². The number of hydrogen-bond donors (Lipinski definition) is 3. The van der Waals surface area contributed by atoms with Crippen LogP contribution in [0.1, 0.15) is 33.0 Å². The van der Waals surface area contributed by atoms with Crippen LogP contribution in [0.25, 0.3) is 0 Å². The molecule has 30 heavy (non-hydrogen) atoms. The number of carbonyl (C=O) groups excluding carboxylic acids is 1. The molecule has 0 saturated carbocycles. The summed E-state index contributed by atoms with van der Waals surface area (Å²) in [5, 5.41) is 22.9. The number of aromatic hydroxyl groups is 1. The van der Waals surface area contributed by atoms with Crippen LogP contribution in [0.3, 0.4) is 0 Å². The maximum Gasteiger partial charge on any atom is 0.256 e. The summed E-state index contributed by atoms with van der Waals surface area (Å²) in [5.74, 6) is -2.77. The van der Waals surface area contributed by atoms with E-state index in [4.69, 9.17) is 23.2 Å². The molecule has 152 valence electrons. The summed E-state index contributed by atoms with van der Waals surface area (Å²) in [6.07, 6.45) is 0. The molecule has 0 bridgehead atoms. The third-order valence-electron chi connectivity index (χ3n) is 4.58. The molecule has 1 amide bonds. The first-order chi connectivity index (χ1) is 14.2. The lowest BCUT2D eigenvalue weighted by Gasteiger charge is -2.16. The minimum absolute atomic E-state index is 0.00731. The normalized spacial score (nSPS) is 11.6. The maximum atomic E-state index is 13.4. The minimum atomic E-state index is -0.870. The molecule has 3 aromatic carbocycles. The summed E-state index contributed by atoms with van der Waals surface area (Å²) in [5.41, 5.74) is 2.42. The number of nitrogens with one attached hydrogen (secondary N) is 1. The van der Waals surface area contributed by atoms with E-state index in [0.29, 0.717) is 26.9 Å². The van der Waals surface area contributed by atoms with E-state index in [0.717, 1.165) is 11.6 Å². The Kier molecular flexibility index (Phi) is 6.57. The summed E-state index contributed by atoms with van der Waals surface area (Å²) >= 11 is 16.4. The molecule has 0 aliphatic heterocycles. The zero-order valence-electron chi connectivity index (χ0n) is 15.6. The molecule has 0 aliphatic rings. The number of aryl methyl sites for hydroxylation is 1. The van der Waals surface area contributed by atoms with Crippen molar-refractivity contribution < 1.29 is 14.3 Å². The highest BCUT2D eigenvalue weighted by atomic mass is 35.5. The molecule has 1 unspecified atom stereocenters. The average Bonchev–Trinajstić information content (AvgIpc) is 2.71. The van der Waals surface area contributed by atoms with Crippen LogP contribution in [-0.4, -0.2) is 11.0 Å². The number of phenols is 1. The van der Waals surface area contributed by atoms with E-state index < -0.39 is 23.4 Å². The lowest BCUT2D eigenvalue weighted by Crippen LogP contribution is -2.14. The summed E-state index contributed by atoms with van der Waals surface area (Å²) in [4.78, 5) is 12.4. The first kappa shape index (κ1) is 22.0. The molecule has 1 atom stereocenters. The number of amides is 1. The topological polar surface area (TPSA) is 73.1 Å². The molecule has 0 aliphatic carbocycles. The third kappa shape index (κ3) is 4.39. The van der Waals surface area contributed by atoms with Gasteiger partial charge in [-0.25, -0.2) is 4.39 Å². The highest BCUT2D eigenvalue weighted by Gasteiger charge is 2.20. The van der Waals surface area contributed by atoms with Crippen LogP contribution in [-0.2, 0) is 0 Å². The van der Waals surface area contributed by atoms with Crippen LogP contribution in [0.4, 0.5) is 10.1 Å². The van der Waals surface area contributed by atoms with Crippen molar-refractivity contribution in [1.82, 2.24) is 0 Å². The van der Waals surface area contributed by atoms with Gasteiger partial charge < -0.3 is 10.4 Å². The predicted molar refractivity (Wildman–Crippen MR) is 118 cm³/mol. The fourth-order valence-corrected chi connectivity index (χ4v) is 3.65. The molecule has 0 aromatic heterocycles. The molecular formula is C22H15Cl2FN2O2S. The van der Waals surface area contributed by atoms with Gasteiger partial charge in [0.05, 0.1) is 22.4 Å². The van der Waals surface area contributed by atoms with E-state index in [1.165, 1.54) is 6.07 Å². The van der Waals surface area contributed by atoms with Gasteiger partial charge in [0, 0.05) is 15.7 Å². The lowest BCUT2D eigenvalue weighted by molar-refractivity contribution is 0.102. The number of hydrogen-bond acceptors (Lipinski definition) is 4. The predicted octanol–water partition coefficient (Wildman–Crippen LogP) is 6.34. The van der Waals surface area contributed by atoms with Crippen molar-refractivity contribution in [2.45, 2.75) is 17.7 Å². The number of halogens is 3. The number of thiol groups is 1. The Bertz CT molecular complexity index is 1180. The van der Waals surface area contributed by atoms with E-state index in [9.17, 15) is 19.6 Å². The number of carbonyl (C=O) groups is 1. The summed E-state index contributed by atoms with van der Waals surface area (Å²) < 4.78 is 13.4. The average molecular weight is 461 g/mol. The Morgan fingerprint density at radius 2 is 1.87 bits per heavy atom. The van der Waals surface area contributed by atoms with E-state index >= 15 is 0 Å². The Morgan fingerprint density at radius 1 is 1.20 bits per heavy atom. The number of nitrogens with zero attached hydrogens (tertiary/aromatic N) is 1. The molecule has 0 saturated heterocycles. The molecule has 0 radical (unpaired) electrons. The van der Waals surface area contributed by atoms with Crippen LogP contribution in [0.5, 0.6) is 5.75 Å². The highest BCUT2D eigenvalue weighted by Crippen LogP contribution is 2.35. The zero-order chi connectivity index (χ0) is 22.0. The standard InChI is InChI=1S/C22H15Cl2FN2O2S/c1-11-8-15(16(10-26)12-2-4-13(23)5-3-12)17(24)9-19(11)27-22(29)14-6-7-18(25)20(28)21(14)30/h2-9,16,28,30H,1H3,(H,27,29). The number of anilines is 1. The van der Waals surface area contributed by atoms with Gasteiger partial charge in [0.2, 0.25) is 0 Å². The summed E-state index contributed by atoms with van der Waals surface area (Å²) in [6.45, 7) is 1.76. The quantitative estimate of drug-likeness (QED) is 0.397. The Hall–Kier alpha value is -2.72. The van der Waals surface area contributed by atoms with E-state index in [-0.39, 0.29) is 10.5 Å². The molecular weight excluding hydrogens is 446 g/mol. The highest BCUT2D eigenvalue weighted by molar-refractivity contribution is 7.80. The smallest absolute Gasteiger partial charge is 0.256 e. The second kappa shape index (κ2) is 8.97. The van der Waals surface area contributed by atoms with Gasteiger partial charge >= 0.3 is 0 Å². The molecule has 4 nitrogen and oxygen atoms in total. The van der Waals surface area contributed by atoms with Crippen molar-refractivity contribution in [3.8, 4) is 11.8 Å². The van der Waals surface area contributed by atoms with Gasteiger partial charge in [0.15, 0.2) is 11.6 Å². The van der Waals surface area contributed by atoms with Gasteiger partial charge in [-0.2, -0.15) is 5.26 Å². The van der Waals surface area contributed by atoms with E-state index in [1.54, 1.807) is 43.3 Å². The number of nitriles is 1. The van der Waals surface area contributed by atoms with Crippen molar-refractivity contribution in [3.63, 3.8) is 0 Å². The molecule has 3 rings (SSSR count). The maximum absolute atomic E-state index is 13.4. The molecule has 3 aromatic rings. The monoisotopic (exact) mass is 460 g/mol. The zero-order valence-corrected chi connectivity index (χ0v) is 18.0. The summed E-state index contributed by atoms with van der Waals surface area (Å²) in [7, 11) is 0. The Labute approximate surface area is 188 Å². The Morgan fingerprint density at radius 3 is 2.50 bits per heavy atom. The minimum Gasteiger partial charge on any atom is -0.504 e. The molecule has 0 spiro atoms. The number of rotatable bonds is 4. The van der Waals surface area contributed by atoms with Crippen molar-refractivity contribution >= 4 is 47.4 Å². The van der Waals surface area contributed by atoms with Crippen LogP contribution in [0.2, 0.25) is 10.0 Å². The van der Waals surface area contributed by atoms with Crippen molar-refractivity contribution in [3.05, 3.63) is 86.6 Å². The van der Waals surface area contributed by atoms with E-state index in [2.05, 4.69) is 24.0 Å². The SMILES string of the molecule is Cc1cc(C(C#N)c2ccc(Cl)cc2)c(Cl)cc1NC(=O)c1ccc(F)c(O)c1S. The van der Waals surface area contributed by atoms with Crippen LogP contribution >= 0.6 is 35.8 Å². The third-order valence-corrected chi connectivity index (χ3v) is 5.61. The number of phenolic OH excluding ortho intramolecular Hbond substituents is 1. The first-order valence-electron chi connectivity index (χ1n) is 8.69. The van der Waals surface area contributed by atoms with Gasteiger partial charge in [-0.05, 0) is 53.9 Å². The van der Waals surface area contributed by atoms with Crippen molar-refractivity contribution in [1.29, 1.82) is 5.26 Å².